The Morgan fingerprint density at radius 1 is 1.21 bits per heavy atom. The summed E-state index contributed by atoms with van der Waals surface area (Å²) in [6.45, 7) is 0. The first kappa shape index (κ1) is 12.8. The number of carbonyl (C=O) groups excluding carboxylic acids is 1. The van der Waals surface area contributed by atoms with Crippen LogP contribution in [0.3, 0.4) is 0 Å². The lowest BCUT2D eigenvalue weighted by molar-refractivity contribution is 0.0693. The molecule has 4 nitrogen and oxygen atoms in total. The largest absolute Gasteiger partial charge is 0.495 e. The number of carboxylic acids is 1. The van der Waals surface area contributed by atoms with Crippen LogP contribution in [0.25, 0.3) is 11.1 Å². The van der Waals surface area contributed by atoms with Crippen LogP contribution in [0, 0.1) is 0 Å². The fourth-order valence-electron chi connectivity index (χ4n) is 1.93. The second kappa shape index (κ2) is 5.35. The number of hydrogen-bond donors (Lipinski definition) is 1. The highest BCUT2D eigenvalue weighted by Gasteiger charge is 2.15. The van der Waals surface area contributed by atoms with Gasteiger partial charge in [-0.05, 0) is 17.7 Å². The van der Waals surface area contributed by atoms with Gasteiger partial charge in [-0.3, -0.25) is 4.79 Å². The minimum absolute atomic E-state index is 0.0940. The third-order valence-electron chi connectivity index (χ3n) is 2.78. The van der Waals surface area contributed by atoms with Crippen molar-refractivity contribution in [2.24, 2.45) is 0 Å². The number of para-hydroxylation sites is 1. The molecule has 0 aliphatic carbocycles. The highest BCUT2D eigenvalue weighted by Crippen LogP contribution is 2.33. The van der Waals surface area contributed by atoms with E-state index in [0.29, 0.717) is 11.1 Å². The van der Waals surface area contributed by atoms with E-state index in [0.717, 1.165) is 11.8 Å². The Labute approximate surface area is 110 Å². The minimum atomic E-state index is -1.05. The number of aldehydes is 1. The maximum atomic E-state index is 11.2. The second-order valence-electron chi connectivity index (χ2n) is 3.93. The molecule has 4 heteroatoms. The van der Waals surface area contributed by atoms with E-state index in [1.807, 2.05) is 0 Å². The second-order valence-corrected chi connectivity index (χ2v) is 3.93. The fourth-order valence-corrected chi connectivity index (χ4v) is 1.93. The zero-order chi connectivity index (χ0) is 13.8. The molecule has 0 heterocycles. The van der Waals surface area contributed by atoms with E-state index in [1.54, 1.807) is 36.4 Å². The topological polar surface area (TPSA) is 63.6 Å². The van der Waals surface area contributed by atoms with Gasteiger partial charge in [0.1, 0.15) is 17.6 Å². The monoisotopic (exact) mass is 256 g/mol. The fraction of sp³-hybridized carbons (Fsp3) is 0.0667. The molecular formula is C15H12O4. The van der Waals surface area contributed by atoms with Gasteiger partial charge in [0.2, 0.25) is 0 Å². The van der Waals surface area contributed by atoms with E-state index in [-0.39, 0.29) is 11.3 Å². The maximum Gasteiger partial charge on any atom is 0.339 e. The van der Waals surface area contributed by atoms with Crippen LogP contribution in [0.1, 0.15) is 20.7 Å². The number of carboxylic acid groups (broad SMARTS) is 1. The molecule has 1 N–H and O–H groups in total. The molecule has 2 aromatic rings. The number of benzene rings is 2. The summed E-state index contributed by atoms with van der Waals surface area (Å²) in [6, 6.07) is 11.8. The molecule has 0 aliphatic heterocycles. The van der Waals surface area contributed by atoms with Gasteiger partial charge in [0.25, 0.3) is 0 Å². The Hall–Kier alpha value is -2.62. The van der Waals surface area contributed by atoms with Crippen molar-refractivity contribution in [2.45, 2.75) is 0 Å². The third kappa shape index (κ3) is 2.47. The quantitative estimate of drug-likeness (QED) is 0.854. The standard InChI is InChI=1S/C15H12O4/c1-19-14-12(6-3-7-13(14)15(17)18)11-5-2-4-10(8-11)9-16/h2-9H,1H3,(H,17,18). The molecule has 0 spiro atoms. The summed E-state index contributed by atoms with van der Waals surface area (Å²) in [4.78, 5) is 21.9. The summed E-state index contributed by atoms with van der Waals surface area (Å²) in [5, 5.41) is 9.13. The van der Waals surface area contributed by atoms with Gasteiger partial charge in [-0.1, -0.05) is 30.3 Å². The third-order valence-corrected chi connectivity index (χ3v) is 2.78. The van der Waals surface area contributed by atoms with Crippen molar-refractivity contribution < 1.29 is 19.4 Å². The molecule has 0 fully saturated rings. The van der Waals surface area contributed by atoms with Gasteiger partial charge < -0.3 is 9.84 Å². The molecular weight excluding hydrogens is 244 g/mol. The summed E-state index contributed by atoms with van der Waals surface area (Å²) in [6.07, 6.45) is 0.747. The van der Waals surface area contributed by atoms with Crippen LogP contribution in [0.15, 0.2) is 42.5 Å². The highest BCUT2D eigenvalue weighted by molar-refractivity contribution is 5.94. The number of hydrogen-bond acceptors (Lipinski definition) is 3. The molecule has 0 aliphatic rings. The molecule has 2 aromatic carbocycles. The van der Waals surface area contributed by atoms with Gasteiger partial charge in [-0.15, -0.1) is 0 Å². The lowest BCUT2D eigenvalue weighted by Crippen LogP contribution is -2.01. The van der Waals surface area contributed by atoms with Gasteiger partial charge in [0.15, 0.2) is 0 Å². The molecule has 0 amide bonds. The molecule has 0 radical (unpaired) electrons. The molecule has 0 unspecified atom stereocenters. The Morgan fingerprint density at radius 3 is 2.58 bits per heavy atom. The van der Waals surface area contributed by atoms with Crippen molar-refractivity contribution in [2.75, 3.05) is 7.11 Å². The van der Waals surface area contributed by atoms with Crippen LogP contribution in [0.5, 0.6) is 5.75 Å². The van der Waals surface area contributed by atoms with Crippen LogP contribution in [-0.4, -0.2) is 24.5 Å². The first-order chi connectivity index (χ1) is 9.17. The maximum absolute atomic E-state index is 11.2. The smallest absolute Gasteiger partial charge is 0.339 e. The van der Waals surface area contributed by atoms with Gasteiger partial charge in [0, 0.05) is 11.1 Å². The van der Waals surface area contributed by atoms with Gasteiger partial charge >= 0.3 is 5.97 Å². The summed E-state index contributed by atoms with van der Waals surface area (Å²) in [7, 11) is 1.43. The van der Waals surface area contributed by atoms with Crippen LogP contribution >= 0.6 is 0 Å². The molecule has 0 atom stereocenters. The Morgan fingerprint density at radius 2 is 1.95 bits per heavy atom. The van der Waals surface area contributed by atoms with Crippen LogP contribution in [0.4, 0.5) is 0 Å². The van der Waals surface area contributed by atoms with E-state index in [1.165, 1.54) is 13.2 Å². The van der Waals surface area contributed by atoms with E-state index < -0.39 is 5.97 Å². The summed E-state index contributed by atoms with van der Waals surface area (Å²) < 4.78 is 5.20. The van der Waals surface area contributed by atoms with E-state index in [2.05, 4.69) is 0 Å². The van der Waals surface area contributed by atoms with Crippen LogP contribution in [0.2, 0.25) is 0 Å². The number of rotatable bonds is 4. The normalized spacial score (nSPS) is 9.95. The summed E-state index contributed by atoms with van der Waals surface area (Å²) in [5.74, 6) is -0.761. The molecule has 2 rings (SSSR count). The number of aromatic carboxylic acids is 1. The minimum Gasteiger partial charge on any atom is -0.495 e. The summed E-state index contributed by atoms with van der Waals surface area (Å²) in [5.41, 5.74) is 2.01. The predicted octanol–water partition coefficient (Wildman–Crippen LogP) is 2.87. The molecule has 0 aromatic heterocycles. The van der Waals surface area contributed by atoms with Crippen molar-refractivity contribution >= 4 is 12.3 Å². The highest BCUT2D eigenvalue weighted by atomic mass is 16.5. The first-order valence-corrected chi connectivity index (χ1v) is 5.63. The zero-order valence-corrected chi connectivity index (χ0v) is 10.3. The molecule has 0 saturated heterocycles. The lowest BCUT2D eigenvalue weighted by Gasteiger charge is -2.11. The van der Waals surface area contributed by atoms with E-state index in [9.17, 15) is 9.59 Å². The lowest BCUT2D eigenvalue weighted by atomic mass is 10.00. The van der Waals surface area contributed by atoms with Gasteiger partial charge in [0.05, 0.1) is 7.11 Å². The van der Waals surface area contributed by atoms with E-state index in [4.69, 9.17) is 9.84 Å². The number of carbonyl (C=O) groups is 2. The summed E-state index contributed by atoms with van der Waals surface area (Å²) >= 11 is 0. The molecule has 0 saturated carbocycles. The van der Waals surface area contributed by atoms with Crippen molar-refractivity contribution in [3.63, 3.8) is 0 Å². The Bertz CT molecular complexity index is 632. The van der Waals surface area contributed by atoms with Crippen LogP contribution in [-0.2, 0) is 0 Å². The van der Waals surface area contributed by atoms with Crippen molar-refractivity contribution in [3.8, 4) is 16.9 Å². The zero-order valence-electron chi connectivity index (χ0n) is 10.3. The van der Waals surface area contributed by atoms with Crippen molar-refractivity contribution in [1.29, 1.82) is 0 Å². The van der Waals surface area contributed by atoms with Gasteiger partial charge in [-0.25, -0.2) is 4.79 Å². The Balaban J connectivity index is 2.64. The number of ether oxygens (including phenoxy) is 1. The average Bonchev–Trinajstić information content (AvgIpc) is 2.46. The van der Waals surface area contributed by atoms with Gasteiger partial charge in [-0.2, -0.15) is 0 Å². The molecule has 96 valence electrons. The molecule has 19 heavy (non-hydrogen) atoms. The molecule has 0 bridgehead atoms. The van der Waals surface area contributed by atoms with Crippen LogP contribution < -0.4 is 4.74 Å². The first-order valence-electron chi connectivity index (χ1n) is 5.63. The van der Waals surface area contributed by atoms with Crippen molar-refractivity contribution in [1.82, 2.24) is 0 Å². The van der Waals surface area contributed by atoms with Crippen molar-refractivity contribution in [3.05, 3.63) is 53.6 Å². The number of methoxy groups -OCH3 is 1. The Kier molecular flexibility index (Phi) is 3.61. The SMILES string of the molecule is COc1c(C(=O)O)cccc1-c1cccc(C=O)c1. The van der Waals surface area contributed by atoms with E-state index >= 15 is 0 Å². The average molecular weight is 256 g/mol. The predicted molar refractivity (Wildman–Crippen MR) is 70.8 cm³/mol.